The lowest BCUT2D eigenvalue weighted by atomic mass is 9.99. The molecule has 1 atom stereocenters. The smallest absolute Gasteiger partial charge is 0.313 e. The van der Waals surface area contributed by atoms with Crippen molar-refractivity contribution in [2.75, 3.05) is 23.3 Å². The van der Waals surface area contributed by atoms with Crippen LogP contribution in [0.15, 0.2) is 29.6 Å². The van der Waals surface area contributed by atoms with Gasteiger partial charge in [0.05, 0.1) is 12.1 Å². The normalized spacial score (nSPS) is 16.0. The van der Waals surface area contributed by atoms with Crippen LogP contribution in [-0.4, -0.2) is 35.9 Å². The Hall–Kier alpha value is -2.71. The summed E-state index contributed by atoms with van der Waals surface area (Å²) < 4.78 is 0. The first-order valence-corrected chi connectivity index (χ1v) is 9.67. The van der Waals surface area contributed by atoms with E-state index in [0.717, 1.165) is 41.1 Å². The van der Waals surface area contributed by atoms with Crippen LogP contribution in [-0.2, 0) is 27.2 Å². The van der Waals surface area contributed by atoms with Crippen LogP contribution in [0, 0.1) is 0 Å². The monoisotopic (exact) mass is 385 g/mol. The first-order valence-electron chi connectivity index (χ1n) is 8.80. The number of nitrogens with zero attached hydrogens (tertiary/aromatic N) is 1. The second kappa shape index (κ2) is 7.13. The lowest BCUT2D eigenvalue weighted by Crippen LogP contribution is -2.37. The molecule has 4 rings (SSSR count). The van der Waals surface area contributed by atoms with E-state index in [-0.39, 0.29) is 12.5 Å². The largest absolute Gasteiger partial charge is 0.386 e. The number of hydrogen-bond donors (Lipinski definition) is 3. The van der Waals surface area contributed by atoms with Crippen LogP contribution in [0.25, 0.3) is 0 Å². The van der Waals surface area contributed by atoms with Crippen LogP contribution in [0.4, 0.5) is 11.4 Å². The zero-order valence-corrected chi connectivity index (χ0v) is 15.3. The van der Waals surface area contributed by atoms with Gasteiger partial charge in [-0.25, -0.2) is 0 Å². The number of benzene rings is 1. The van der Waals surface area contributed by atoms with Gasteiger partial charge in [0.25, 0.3) is 0 Å². The van der Waals surface area contributed by atoms with E-state index in [0.29, 0.717) is 12.1 Å². The second-order valence-electron chi connectivity index (χ2n) is 6.66. The van der Waals surface area contributed by atoms with Gasteiger partial charge in [-0.15, -0.1) is 11.3 Å². The number of hydrogen-bond acceptors (Lipinski definition) is 5. The first-order chi connectivity index (χ1) is 13.0. The van der Waals surface area contributed by atoms with Crippen LogP contribution in [0.1, 0.15) is 28.5 Å². The number of nitrogens with one attached hydrogen (secondary N) is 2. The predicted molar refractivity (Wildman–Crippen MR) is 102 cm³/mol. The first kappa shape index (κ1) is 17.7. The molecule has 7 nitrogen and oxygen atoms in total. The average molecular weight is 385 g/mol. The van der Waals surface area contributed by atoms with Gasteiger partial charge < -0.3 is 20.6 Å². The van der Waals surface area contributed by atoms with Crippen molar-refractivity contribution in [3.63, 3.8) is 0 Å². The zero-order valence-electron chi connectivity index (χ0n) is 14.5. The zero-order chi connectivity index (χ0) is 19.0. The molecular formula is C19H19N3O4S. The summed E-state index contributed by atoms with van der Waals surface area (Å²) in [6, 6.07) is 7.16. The second-order valence-corrected chi connectivity index (χ2v) is 7.64. The number of rotatable bonds is 4. The Balaban J connectivity index is 1.41. The maximum Gasteiger partial charge on any atom is 0.313 e. The molecule has 3 amide bonds. The van der Waals surface area contributed by atoms with Crippen molar-refractivity contribution in [2.45, 2.75) is 25.4 Å². The fraction of sp³-hybridized carbons (Fsp3) is 0.316. The summed E-state index contributed by atoms with van der Waals surface area (Å²) >= 11 is 1.38. The van der Waals surface area contributed by atoms with E-state index < -0.39 is 17.9 Å². The molecule has 1 unspecified atom stereocenters. The number of carbonyl (C=O) groups is 3. The van der Waals surface area contributed by atoms with E-state index in [1.807, 2.05) is 17.5 Å². The van der Waals surface area contributed by atoms with Crippen molar-refractivity contribution in [3.05, 3.63) is 45.6 Å². The molecule has 0 saturated carbocycles. The molecule has 1 aromatic carbocycles. The molecular weight excluding hydrogens is 366 g/mol. The van der Waals surface area contributed by atoms with E-state index in [4.69, 9.17) is 0 Å². The molecule has 3 N–H and O–H groups in total. The summed E-state index contributed by atoms with van der Waals surface area (Å²) in [5.41, 5.74) is 3.39. The number of aryl methyl sites for hydroxylation is 1. The Morgan fingerprint density at radius 1 is 1.26 bits per heavy atom. The number of carbonyl (C=O) groups excluding carboxylic acids is 3. The van der Waals surface area contributed by atoms with E-state index in [1.165, 1.54) is 11.3 Å². The van der Waals surface area contributed by atoms with Crippen LogP contribution in [0.5, 0.6) is 0 Å². The predicted octanol–water partition coefficient (Wildman–Crippen LogP) is 1.37. The fourth-order valence-electron chi connectivity index (χ4n) is 3.59. The maximum atomic E-state index is 12.2. The number of aliphatic hydroxyl groups is 1. The van der Waals surface area contributed by atoms with Crippen molar-refractivity contribution in [2.24, 2.45) is 0 Å². The third-order valence-electron chi connectivity index (χ3n) is 4.80. The highest BCUT2D eigenvalue weighted by atomic mass is 32.1. The summed E-state index contributed by atoms with van der Waals surface area (Å²) in [5, 5.41) is 16.9. The van der Waals surface area contributed by atoms with Gasteiger partial charge in [0.2, 0.25) is 5.91 Å². The van der Waals surface area contributed by atoms with Crippen LogP contribution < -0.4 is 15.5 Å². The van der Waals surface area contributed by atoms with Crippen molar-refractivity contribution < 1.29 is 19.5 Å². The van der Waals surface area contributed by atoms with Crippen molar-refractivity contribution in [3.8, 4) is 0 Å². The van der Waals surface area contributed by atoms with Gasteiger partial charge in [-0.1, -0.05) is 6.07 Å². The summed E-state index contributed by atoms with van der Waals surface area (Å²) in [7, 11) is 0. The summed E-state index contributed by atoms with van der Waals surface area (Å²) in [6.07, 6.45) is 1.21. The van der Waals surface area contributed by atoms with Gasteiger partial charge in [-0.3, -0.25) is 14.4 Å². The molecule has 2 aromatic rings. The van der Waals surface area contributed by atoms with Crippen LogP contribution >= 0.6 is 11.3 Å². The highest BCUT2D eigenvalue weighted by molar-refractivity contribution is 7.10. The quantitative estimate of drug-likeness (QED) is 0.693. The Bertz CT molecular complexity index is 910. The highest BCUT2D eigenvalue weighted by Crippen LogP contribution is 2.38. The number of aliphatic hydroxyl groups excluding tert-OH is 1. The summed E-state index contributed by atoms with van der Waals surface area (Å²) in [4.78, 5) is 38.8. The van der Waals surface area contributed by atoms with E-state index in [1.54, 1.807) is 17.0 Å². The Morgan fingerprint density at radius 3 is 2.85 bits per heavy atom. The lowest BCUT2D eigenvalue weighted by Gasteiger charge is -2.26. The number of amides is 3. The molecule has 1 aromatic heterocycles. The number of anilines is 2. The maximum absolute atomic E-state index is 12.2. The van der Waals surface area contributed by atoms with Gasteiger partial charge in [0.15, 0.2) is 0 Å². The average Bonchev–Trinajstić information content (AvgIpc) is 3.29. The van der Waals surface area contributed by atoms with Gasteiger partial charge in [0.1, 0.15) is 6.10 Å². The SMILES string of the molecule is O=C(NCC(O)c1cccs1)C(=O)Nc1cc2c3c(c1)CC(=O)N3CCC2. The molecule has 2 aliphatic rings. The topological polar surface area (TPSA) is 98.7 Å². The minimum absolute atomic E-state index is 0.0360. The van der Waals surface area contributed by atoms with Crippen molar-refractivity contribution >= 4 is 40.4 Å². The van der Waals surface area contributed by atoms with Crippen molar-refractivity contribution in [1.29, 1.82) is 0 Å². The van der Waals surface area contributed by atoms with E-state index >= 15 is 0 Å². The molecule has 0 bridgehead atoms. The van der Waals surface area contributed by atoms with Gasteiger partial charge in [0, 0.05) is 23.7 Å². The molecule has 0 radical (unpaired) electrons. The molecule has 140 valence electrons. The van der Waals surface area contributed by atoms with Crippen LogP contribution in [0.2, 0.25) is 0 Å². The molecule has 27 heavy (non-hydrogen) atoms. The molecule has 0 saturated heterocycles. The van der Waals surface area contributed by atoms with Gasteiger partial charge in [-0.2, -0.15) is 0 Å². The molecule has 0 aliphatic carbocycles. The number of thiophene rings is 1. The van der Waals surface area contributed by atoms with E-state index in [2.05, 4.69) is 10.6 Å². The molecule has 8 heteroatoms. The fourth-order valence-corrected chi connectivity index (χ4v) is 4.30. The van der Waals surface area contributed by atoms with Gasteiger partial charge >= 0.3 is 11.8 Å². The Labute approximate surface area is 160 Å². The van der Waals surface area contributed by atoms with Crippen molar-refractivity contribution in [1.82, 2.24) is 5.32 Å². The standard InChI is InChI=1S/C19H19N3O4S/c23-14(15-4-2-6-27-15)10-20-18(25)19(26)21-13-7-11-3-1-5-22-16(24)9-12(8-13)17(11)22/h2,4,6-8,14,23H,1,3,5,9-10H2,(H,20,25)(H,21,26). The Morgan fingerprint density at radius 2 is 2.07 bits per heavy atom. The third kappa shape index (κ3) is 3.45. The van der Waals surface area contributed by atoms with Gasteiger partial charge in [-0.05, 0) is 47.5 Å². The molecule has 2 aliphatic heterocycles. The molecule has 0 fully saturated rings. The summed E-state index contributed by atoms with van der Waals surface area (Å²) in [5.74, 6) is -1.52. The molecule has 0 spiro atoms. The molecule has 3 heterocycles. The summed E-state index contributed by atoms with van der Waals surface area (Å²) in [6.45, 7) is 0.700. The minimum Gasteiger partial charge on any atom is -0.386 e. The minimum atomic E-state index is -0.844. The third-order valence-corrected chi connectivity index (χ3v) is 5.77. The Kier molecular flexibility index (Phi) is 4.67. The van der Waals surface area contributed by atoms with Crippen LogP contribution in [0.3, 0.4) is 0 Å². The van der Waals surface area contributed by atoms with E-state index in [9.17, 15) is 19.5 Å². The highest BCUT2D eigenvalue weighted by Gasteiger charge is 2.32. The lowest BCUT2D eigenvalue weighted by molar-refractivity contribution is -0.136.